The van der Waals surface area contributed by atoms with Gasteiger partial charge in [-0.3, -0.25) is 4.68 Å². The van der Waals surface area contributed by atoms with E-state index in [9.17, 15) is 0 Å². The number of ether oxygens (including phenoxy) is 1. The van der Waals surface area contributed by atoms with Crippen molar-refractivity contribution < 1.29 is 4.74 Å². The summed E-state index contributed by atoms with van der Waals surface area (Å²) in [5.74, 6) is 0. The van der Waals surface area contributed by atoms with Gasteiger partial charge in [-0.15, -0.1) is 11.6 Å². The lowest BCUT2D eigenvalue weighted by atomic mass is 10.0. The summed E-state index contributed by atoms with van der Waals surface area (Å²) < 4.78 is 7.67. The summed E-state index contributed by atoms with van der Waals surface area (Å²) in [6.07, 6.45) is 3.96. The number of rotatable bonds is 5. The van der Waals surface area contributed by atoms with Gasteiger partial charge < -0.3 is 4.74 Å². The zero-order chi connectivity index (χ0) is 13.1. The van der Waals surface area contributed by atoms with E-state index in [1.54, 1.807) is 0 Å². The standard InChI is InChI=1S/C14H23ClN2O/c1-4-11(15)14-12(5-2)16-17(13(14)6-3)10-7-8-18-9-10/h10-11H,4-9H2,1-3H3. The molecule has 0 bridgehead atoms. The minimum absolute atomic E-state index is 0.0889. The number of alkyl halides is 1. The maximum Gasteiger partial charge on any atom is 0.0777 e. The van der Waals surface area contributed by atoms with Gasteiger partial charge in [0, 0.05) is 17.9 Å². The predicted molar refractivity (Wildman–Crippen MR) is 74.3 cm³/mol. The Morgan fingerprint density at radius 1 is 1.39 bits per heavy atom. The fourth-order valence-electron chi connectivity index (χ4n) is 2.73. The van der Waals surface area contributed by atoms with E-state index in [0.717, 1.165) is 38.9 Å². The zero-order valence-electron chi connectivity index (χ0n) is 11.6. The highest BCUT2D eigenvalue weighted by Crippen LogP contribution is 2.33. The second-order valence-electron chi connectivity index (χ2n) is 4.85. The lowest BCUT2D eigenvalue weighted by Crippen LogP contribution is -2.14. The summed E-state index contributed by atoms with van der Waals surface area (Å²) in [5.41, 5.74) is 3.75. The van der Waals surface area contributed by atoms with Crippen molar-refractivity contribution in [1.29, 1.82) is 0 Å². The maximum absolute atomic E-state index is 6.49. The quantitative estimate of drug-likeness (QED) is 0.764. The molecule has 0 amide bonds. The van der Waals surface area contributed by atoms with Crippen LogP contribution in [0.25, 0.3) is 0 Å². The summed E-state index contributed by atoms with van der Waals surface area (Å²) in [5, 5.41) is 4.89. The highest BCUT2D eigenvalue weighted by molar-refractivity contribution is 6.21. The van der Waals surface area contributed by atoms with Gasteiger partial charge in [-0.2, -0.15) is 5.10 Å². The molecule has 1 aromatic rings. The van der Waals surface area contributed by atoms with Crippen molar-refractivity contribution in [3.63, 3.8) is 0 Å². The fourth-order valence-corrected chi connectivity index (χ4v) is 2.98. The van der Waals surface area contributed by atoms with Crippen LogP contribution in [0.5, 0.6) is 0 Å². The monoisotopic (exact) mass is 270 g/mol. The number of hydrogen-bond acceptors (Lipinski definition) is 2. The van der Waals surface area contributed by atoms with Gasteiger partial charge in [-0.05, 0) is 25.7 Å². The Bertz CT molecular complexity index is 397. The van der Waals surface area contributed by atoms with Gasteiger partial charge in [0.25, 0.3) is 0 Å². The van der Waals surface area contributed by atoms with Crippen LogP contribution in [-0.2, 0) is 17.6 Å². The van der Waals surface area contributed by atoms with E-state index in [4.69, 9.17) is 21.4 Å². The van der Waals surface area contributed by atoms with Gasteiger partial charge >= 0.3 is 0 Å². The Labute approximate surface area is 114 Å². The van der Waals surface area contributed by atoms with Crippen molar-refractivity contribution in [1.82, 2.24) is 9.78 Å². The zero-order valence-corrected chi connectivity index (χ0v) is 12.3. The Kier molecular flexibility index (Phi) is 4.68. The minimum Gasteiger partial charge on any atom is -0.379 e. The molecule has 0 saturated carbocycles. The molecule has 2 atom stereocenters. The van der Waals surface area contributed by atoms with Crippen LogP contribution in [0.2, 0.25) is 0 Å². The third kappa shape index (κ3) is 2.43. The summed E-state index contributed by atoms with van der Waals surface area (Å²) in [6, 6.07) is 0.403. The van der Waals surface area contributed by atoms with Gasteiger partial charge in [0.1, 0.15) is 0 Å². The average molecular weight is 271 g/mol. The molecule has 4 heteroatoms. The molecular weight excluding hydrogens is 248 g/mol. The van der Waals surface area contributed by atoms with Crippen molar-refractivity contribution in [2.45, 2.75) is 57.9 Å². The molecule has 1 aliphatic rings. The Balaban J connectivity index is 2.43. The Morgan fingerprint density at radius 2 is 2.17 bits per heavy atom. The normalized spacial score (nSPS) is 21.4. The van der Waals surface area contributed by atoms with E-state index in [1.165, 1.54) is 17.0 Å². The van der Waals surface area contributed by atoms with Gasteiger partial charge in [0.2, 0.25) is 0 Å². The van der Waals surface area contributed by atoms with E-state index < -0.39 is 0 Å². The first kappa shape index (κ1) is 13.9. The summed E-state index contributed by atoms with van der Waals surface area (Å²) in [6.45, 7) is 8.11. The third-order valence-corrected chi connectivity index (χ3v) is 4.25. The van der Waals surface area contributed by atoms with Crippen LogP contribution in [0.1, 0.15) is 62.0 Å². The average Bonchev–Trinajstić information content (AvgIpc) is 3.03. The molecule has 2 unspecified atom stereocenters. The van der Waals surface area contributed by atoms with Crippen LogP contribution < -0.4 is 0 Å². The molecule has 3 nitrogen and oxygen atoms in total. The molecule has 1 saturated heterocycles. The van der Waals surface area contributed by atoms with Crippen LogP contribution in [0.15, 0.2) is 0 Å². The van der Waals surface area contributed by atoms with E-state index in [0.29, 0.717) is 6.04 Å². The van der Waals surface area contributed by atoms with Crippen molar-refractivity contribution in [3.8, 4) is 0 Å². The second kappa shape index (κ2) is 6.07. The SMILES string of the molecule is CCc1nn(C2CCOC2)c(CC)c1C(Cl)CC. The molecule has 1 fully saturated rings. The second-order valence-corrected chi connectivity index (χ2v) is 5.38. The predicted octanol–water partition coefficient (Wildman–Crippen LogP) is 3.66. The first-order valence-electron chi connectivity index (χ1n) is 7.04. The van der Waals surface area contributed by atoms with Crippen molar-refractivity contribution in [2.75, 3.05) is 13.2 Å². The summed E-state index contributed by atoms with van der Waals surface area (Å²) >= 11 is 6.49. The van der Waals surface area contributed by atoms with Crippen LogP contribution in [-0.4, -0.2) is 23.0 Å². The minimum atomic E-state index is 0.0889. The van der Waals surface area contributed by atoms with Gasteiger partial charge in [0.15, 0.2) is 0 Å². The molecule has 2 rings (SSSR count). The summed E-state index contributed by atoms with van der Waals surface area (Å²) in [7, 11) is 0. The van der Waals surface area contributed by atoms with Gasteiger partial charge in [-0.1, -0.05) is 20.8 Å². The van der Waals surface area contributed by atoms with E-state index >= 15 is 0 Å². The fraction of sp³-hybridized carbons (Fsp3) is 0.786. The third-order valence-electron chi connectivity index (χ3n) is 3.72. The molecule has 102 valence electrons. The highest BCUT2D eigenvalue weighted by Gasteiger charge is 2.26. The number of hydrogen-bond donors (Lipinski definition) is 0. The van der Waals surface area contributed by atoms with Crippen LogP contribution >= 0.6 is 11.6 Å². The molecule has 0 aromatic carbocycles. The Hall–Kier alpha value is -0.540. The lowest BCUT2D eigenvalue weighted by molar-refractivity contribution is 0.184. The van der Waals surface area contributed by atoms with Crippen LogP contribution in [0.3, 0.4) is 0 Å². The van der Waals surface area contributed by atoms with E-state index in [-0.39, 0.29) is 5.38 Å². The molecule has 0 aliphatic carbocycles. The van der Waals surface area contributed by atoms with E-state index in [1.807, 2.05) is 0 Å². The summed E-state index contributed by atoms with van der Waals surface area (Å²) in [4.78, 5) is 0. The molecule has 0 radical (unpaired) electrons. The Morgan fingerprint density at radius 3 is 2.67 bits per heavy atom. The number of aryl methyl sites for hydroxylation is 1. The first-order chi connectivity index (χ1) is 8.72. The van der Waals surface area contributed by atoms with E-state index in [2.05, 4.69) is 25.5 Å². The lowest BCUT2D eigenvalue weighted by Gasteiger charge is -2.14. The largest absolute Gasteiger partial charge is 0.379 e. The molecule has 0 spiro atoms. The number of halogens is 1. The van der Waals surface area contributed by atoms with Crippen molar-refractivity contribution >= 4 is 11.6 Å². The van der Waals surface area contributed by atoms with Crippen molar-refractivity contribution in [3.05, 3.63) is 17.0 Å². The molecule has 1 aliphatic heterocycles. The molecule has 18 heavy (non-hydrogen) atoms. The van der Waals surface area contributed by atoms with Gasteiger partial charge in [-0.25, -0.2) is 0 Å². The smallest absolute Gasteiger partial charge is 0.0777 e. The molecule has 0 N–H and O–H groups in total. The molecule has 2 heterocycles. The van der Waals surface area contributed by atoms with Crippen molar-refractivity contribution in [2.24, 2.45) is 0 Å². The topological polar surface area (TPSA) is 27.1 Å². The molecular formula is C14H23ClN2O. The number of nitrogens with zero attached hydrogens (tertiary/aromatic N) is 2. The first-order valence-corrected chi connectivity index (χ1v) is 7.48. The number of aromatic nitrogens is 2. The molecule has 1 aromatic heterocycles. The van der Waals surface area contributed by atoms with Gasteiger partial charge in [0.05, 0.1) is 23.7 Å². The van der Waals surface area contributed by atoms with Crippen LogP contribution in [0.4, 0.5) is 0 Å². The van der Waals surface area contributed by atoms with Crippen LogP contribution in [0, 0.1) is 0 Å². The highest BCUT2D eigenvalue weighted by atomic mass is 35.5. The maximum atomic E-state index is 6.49.